The van der Waals surface area contributed by atoms with Gasteiger partial charge in [-0.25, -0.2) is 4.79 Å². The molecule has 1 aromatic rings. The van der Waals surface area contributed by atoms with E-state index in [-0.39, 0.29) is 25.2 Å². The maximum absolute atomic E-state index is 12.7. The van der Waals surface area contributed by atoms with Crippen LogP contribution in [0.1, 0.15) is 12.8 Å². The molecule has 1 aromatic heterocycles. The smallest absolute Gasteiger partial charge is 0.324 e. The van der Waals surface area contributed by atoms with Crippen LogP contribution < -0.4 is 10.9 Å². The molecule has 21 heavy (non-hydrogen) atoms. The fourth-order valence-electron chi connectivity index (χ4n) is 2.32. The van der Waals surface area contributed by atoms with Gasteiger partial charge in [-0.2, -0.15) is 13.2 Å². The summed E-state index contributed by atoms with van der Waals surface area (Å²) in [5.41, 5.74) is -0.352. The second-order valence-corrected chi connectivity index (χ2v) is 5.09. The molecule has 116 valence electrons. The van der Waals surface area contributed by atoms with Crippen molar-refractivity contribution in [3.05, 3.63) is 28.7 Å². The van der Waals surface area contributed by atoms with Crippen LogP contribution in [0.25, 0.3) is 0 Å². The number of rotatable bonds is 1. The third-order valence-corrected chi connectivity index (χ3v) is 3.54. The fourth-order valence-corrected chi connectivity index (χ4v) is 2.32. The molecule has 0 unspecified atom stereocenters. The minimum atomic E-state index is -4.30. The summed E-state index contributed by atoms with van der Waals surface area (Å²) in [4.78, 5) is 24.9. The van der Waals surface area contributed by atoms with Crippen molar-refractivity contribution >= 4 is 11.7 Å². The van der Waals surface area contributed by atoms with Crippen LogP contribution in [-0.4, -0.2) is 34.8 Å². The van der Waals surface area contributed by atoms with Gasteiger partial charge in [0.15, 0.2) is 0 Å². The van der Waals surface area contributed by atoms with Crippen LogP contribution in [0.15, 0.2) is 23.1 Å². The summed E-state index contributed by atoms with van der Waals surface area (Å²) in [5.74, 6) is -1.50. The van der Waals surface area contributed by atoms with Crippen molar-refractivity contribution in [2.75, 3.05) is 18.4 Å². The Morgan fingerprint density at radius 3 is 2.81 bits per heavy atom. The van der Waals surface area contributed by atoms with Gasteiger partial charge >= 0.3 is 12.2 Å². The topological polar surface area (TPSA) is 54.3 Å². The van der Waals surface area contributed by atoms with Crippen molar-refractivity contribution < 1.29 is 18.0 Å². The molecular formula is C13H16F3N3O2. The lowest BCUT2D eigenvalue weighted by Gasteiger charge is -2.33. The van der Waals surface area contributed by atoms with Gasteiger partial charge < -0.3 is 14.8 Å². The molecule has 0 radical (unpaired) electrons. The number of piperidine rings is 1. The van der Waals surface area contributed by atoms with Crippen LogP contribution in [-0.2, 0) is 7.05 Å². The third kappa shape index (κ3) is 3.56. The number of anilines is 1. The maximum atomic E-state index is 12.7. The summed E-state index contributed by atoms with van der Waals surface area (Å²) >= 11 is 0. The van der Waals surface area contributed by atoms with E-state index in [1.165, 1.54) is 23.9 Å². The molecule has 2 heterocycles. The first-order valence-electron chi connectivity index (χ1n) is 6.57. The van der Waals surface area contributed by atoms with Crippen LogP contribution in [0, 0.1) is 5.92 Å². The number of nitrogens with one attached hydrogen (secondary N) is 1. The number of amides is 2. The van der Waals surface area contributed by atoms with Gasteiger partial charge in [0.05, 0.1) is 5.92 Å². The van der Waals surface area contributed by atoms with Crippen molar-refractivity contribution in [2.45, 2.75) is 19.0 Å². The van der Waals surface area contributed by atoms with Crippen molar-refractivity contribution in [3.63, 3.8) is 0 Å². The van der Waals surface area contributed by atoms with E-state index in [2.05, 4.69) is 5.32 Å². The predicted octanol–water partition coefficient (Wildman–Crippen LogP) is 2.19. The van der Waals surface area contributed by atoms with Gasteiger partial charge in [-0.15, -0.1) is 0 Å². The summed E-state index contributed by atoms with van der Waals surface area (Å²) in [6.07, 6.45) is -2.45. The minimum absolute atomic E-state index is 0.0282. The molecule has 0 aliphatic carbocycles. The van der Waals surface area contributed by atoms with Crippen LogP contribution >= 0.6 is 0 Å². The lowest BCUT2D eigenvalue weighted by Crippen LogP contribution is -2.46. The number of carbonyl (C=O) groups excluding carboxylic acids is 1. The number of alkyl halides is 3. The third-order valence-electron chi connectivity index (χ3n) is 3.54. The highest BCUT2D eigenvalue weighted by Crippen LogP contribution is 2.33. The van der Waals surface area contributed by atoms with Crippen molar-refractivity contribution in [2.24, 2.45) is 13.0 Å². The normalized spacial score (nSPS) is 19.4. The van der Waals surface area contributed by atoms with E-state index in [1.807, 2.05) is 0 Å². The summed E-state index contributed by atoms with van der Waals surface area (Å²) < 4.78 is 39.4. The highest BCUT2D eigenvalue weighted by molar-refractivity contribution is 5.89. The molecule has 2 amide bonds. The molecule has 0 spiro atoms. The second-order valence-electron chi connectivity index (χ2n) is 5.09. The second kappa shape index (κ2) is 5.79. The van der Waals surface area contributed by atoms with Crippen molar-refractivity contribution in [3.8, 4) is 0 Å². The maximum Gasteiger partial charge on any atom is 0.393 e. The highest BCUT2D eigenvalue weighted by atomic mass is 19.4. The Labute approximate surface area is 119 Å². The molecule has 0 bridgehead atoms. The zero-order valence-electron chi connectivity index (χ0n) is 11.5. The van der Waals surface area contributed by atoms with Crippen LogP contribution in [0.4, 0.5) is 23.7 Å². The Kier molecular flexibility index (Phi) is 4.24. The van der Waals surface area contributed by atoms with E-state index in [1.54, 1.807) is 6.07 Å². The lowest BCUT2D eigenvalue weighted by atomic mass is 9.98. The molecule has 2 rings (SSSR count). The number of urea groups is 1. The Balaban J connectivity index is 2.07. The molecule has 1 N–H and O–H groups in total. The first kappa shape index (κ1) is 15.4. The minimum Gasteiger partial charge on any atom is -0.324 e. The molecule has 1 aliphatic heterocycles. The number of pyridine rings is 1. The highest BCUT2D eigenvalue weighted by Gasteiger charge is 2.42. The van der Waals surface area contributed by atoms with E-state index in [0.29, 0.717) is 6.42 Å². The molecule has 5 nitrogen and oxygen atoms in total. The number of hydrogen-bond donors (Lipinski definition) is 1. The monoisotopic (exact) mass is 303 g/mol. The Hall–Kier alpha value is -1.99. The molecule has 0 saturated carbocycles. The summed E-state index contributed by atoms with van der Waals surface area (Å²) in [5, 5.41) is 2.38. The quantitative estimate of drug-likeness (QED) is 0.864. The molecule has 1 aliphatic rings. The number of aryl methyl sites for hydroxylation is 1. The molecule has 1 saturated heterocycles. The summed E-state index contributed by atoms with van der Waals surface area (Å²) in [7, 11) is 1.53. The average Bonchev–Trinajstić information content (AvgIpc) is 2.43. The zero-order valence-corrected chi connectivity index (χ0v) is 11.5. The van der Waals surface area contributed by atoms with Gasteiger partial charge in [0, 0.05) is 26.3 Å². The van der Waals surface area contributed by atoms with E-state index >= 15 is 0 Å². The lowest BCUT2D eigenvalue weighted by molar-refractivity contribution is -0.183. The average molecular weight is 303 g/mol. The number of likely N-dealkylation sites (tertiary alicyclic amines) is 1. The van der Waals surface area contributed by atoms with Crippen LogP contribution in [0.5, 0.6) is 0 Å². The number of hydrogen-bond acceptors (Lipinski definition) is 2. The molecule has 1 atom stereocenters. The first-order chi connectivity index (χ1) is 9.79. The Morgan fingerprint density at radius 2 is 2.14 bits per heavy atom. The number of aromatic nitrogens is 1. The van der Waals surface area contributed by atoms with Gasteiger partial charge in [-0.05, 0) is 25.0 Å². The SMILES string of the molecule is Cn1cccc(NC(=O)N2CCC[C@@H](C(F)(F)F)C2)c1=O. The molecular weight excluding hydrogens is 287 g/mol. The fraction of sp³-hybridized carbons (Fsp3) is 0.538. The van der Waals surface area contributed by atoms with E-state index in [9.17, 15) is 22.8 Å². The Morgan fingerprint density at radius 1 is 1.43 bits per heavy atom. The number of halogens is 3. The van der Waals surface area contributed by atoms with Gasteiger partial charge in [-0.3, -0.25) is 4.79 Å². The summed E-state index contributed by atoms with van der Waals surface area (Å²) in [6, 6.07) is 2.32. The van der Waals surface area contributed by atoms with Gasteiger partial charge in [0.25, 0.3) is 5.56 Å². The molecule has 1 fully saturated rings. The standard InChI is InChI=1S/C13H16F3N3O2/c1-18-6-3-5-10(11(18)20)17-12(21)19-7-2-4-9(8-19)13(14,15)16/h3,5-6,9H,2,4,7-8H2,1H3,(H,17,21)/t9-/m1/s1. The van der Waals surface area contributed by atoms with E-state index < -0.39 is 23.7 Å². The predicted molar refractivity (Wildman–Crippen MR) is 71.1 cm³/mol. The van der Waals surface area contributed by atoms with Gasteiger partial charge in [0.2, 0.25) is 0 Å². The Bertz CT molecular complexity index is 583. The summed E-state index contributed by atoms with van der Waals surface area (Å²) in [6.45, 7) is -0.117. The zero-order chi connectivity index (χ0) is 15.6. The largest absolute Gasteiger partial charge is 0.393 e. The van der Waals surface area contributed by atoms with Crippen molar-refractivity contribution in [1.82, 2.24) is 9.47 Å². The molecule has 8 heteroatoms. The van der Waals surface area contributed by atoms with Crippen LogP contribution in [0.3, 0.4) is 0 Å². The number of carbonyl (C=O) groups is 1. The van der Waals surface area contributed by atoms with E-state index in [0.717, 1.165) is 4.90 Å². The van der Waals surface area contributed by atoms with Crippen LogP contribution in [0.2, 0.25) is 0 Å². The van der Waals surface area contributed by atoms with Crippen molar-refractivity contribution in [1.29, 1.82) is 0 Å². The van der Waals surface area contributed by atoms with E-state index in [4.69, 9.17) is 0 Å². The van der Waals surface area contributed by atoms with Gasteiger partial charge in [0.1, 0.15) is 5.69 Å². The van der Waals surface area contributed by atoms with Gasteiger partial charge in [-0.1, -0.05) is 0 Å². The molecule has 0 aromatic carbocycles. The number of nitrogens with zero attached hydrogens (tertiary/aromatic N) is 2. The first-order valence-corrected chi connectivity index (χ1v) is 6.57.